The lowest BCUT2D eigenvalue weighted by atomic mass is 10.0. The second-order valence-corrected chi connectivity index (χ2v) is 8.61. The first kappa shape index (κ1) is 20.8. The van der Waals surface area contributed by atoms with Crippen LogP contribution in [0, 0.1) is 18.3 Å². The van der Waals surface area contributed by atoms with Crippen LogP contribution in [0.5, 0.6) is 0 Å². The van der Waals surface area contributed by atoms with Gasteiger partial charge in [0, 0.05) is 22.5 Å². The van der Waals surface area contributed by atoms with Gasteiger partial charge in [0.1, 0.15) is 11.6 Å². The fourth-order valence-corrected chi connectivity index (χ4v) is 4.28. The summed E-state index contributed by atoms with van der Waals surface area (Å²) < 4.78 is 0. The third kappa shape index (κ3) is 4.83. The normalized spacial score (nSPS) is 11.3. The molecule has 0 aliphatic rings. The molecule has 4 rings (SSSR count). The number of aromatic nitrogens is 1. The van der Waals surface area contributed by atoms with Crippen molar-refractivity contribution in [3.05, 3.63) is 99.0 Å². The molecule has 31 heavy (non-hydrogen) atoms. The molecular weight excluding hydrogens is 426 g/mol. The summed E-state index contributed by atoms with van der Waals surface area (Å²) in [5, 5.41) is 15.5. The number of rotatable bonds is 5. The van der Waals surface area contributed by atoms with Crippen LogP contribution in [0.1, 0.15) is 21.6 Å². The number of nitrogens with one attached hydrogen (secondary N) is 1. The van der Waals surface area contributed by atoms with Crippen LogP contribution in [0.4, 0.5) is 5.13 Å². The van der Waals surface area contributed by atoms with Crippen molar-refractivity contribution in [2.45, 2.75) is 13.3 Å². The molecule has 0 saturated carbocycles. The number of hydrogen-bond acceptors (Lipinski definition) is 4. The molecule has 0 spiro atoms. The highest BCUT2D eigenvalue weighted by molar-refractivity contribution is 7.15. The monoisotopic (exact) mass is 443 g/mol. The molecule has 152 valence electrons. The predicted octanol–water partition coefficient (Wildman–Crippen LogP) is 6.39. The number of amides is 1. The van der Waals surface area contributed by atoms with Crippen LogP contribution in [0.25, 0.3) is 16.8 Å². The van der Waals surface area contributed by atoms with Gasteiger partial charge in [-0.15, -0.1) is 11.3 Å². The van der Waals surface area contributed by atoms with Crippen molar-refractivity contribution in [3.63, 3.8) is 0 Å². The van der Waals surface area contributed by atoms with Crippen molar-refractivity contribution < 1.29 is 4.79 Å². The van der Waals surface area contributed by atoms with E-state index in [4.69, 9.17) is 11.6 Å². The highest BCUT2D eigenvalue weighted by atomic mass is 35.5. The molecule has 0 aliphatic carbocycles. The van der Waals surface area contributed by atoms with Gasteiger partial charge in [-0.05, 0) is 46.5 Å². The van der Waals surface area contributed by atoms with Crippen molar-refractivity contribution in [3.8, 4) is 6.07 Å². The Bertz CT molecular complexity index is 1350. The molecule has 0 unspecified atom stereocenters. The van der Waals surface area contributed by atoms with E-state index >= 15 is 0 Å². The summed E-state index contributed by atoms with van der Waals surface area (Å²) in [6.07, 6.45) is 4.01. The zero-order valence-electron chi connectivity index (χ0n) is 16.7. The molecule has 6 heteroatoms. The fraction of sp³-hybridized carbons (Fsp3) is 0.0800. The largest absolute Gasteiger partial charge is 0.297 e. The highest BCUT2D eigenvalue weighted by Gasteiger charge is 2.13. The number of nitrogens with zero attached hydrogens (tertiary/aromatic N) is 2. The Hall–Kier alpha value is -3.46. The zero-order valence-corrected chi connectivity index (χ0v) is 18.3. The van der Waals surface area contributed by atoms with Gasteiger partial charge >= 0.3 is 0 Å². The summed E-state index contributed by atoms with van der Waals surface area (Å²) in [6, 6.07) is 21.6. The molecule has 0 atom stereocenters. The van der Waals surface area contributed by atoms with Gasteiger partial charge in [0.05, 0.1) is 0 Å². The van der Waals surface area contributed by atoms with Gasteiger partial charge in [-0.3, -0.25) is 10.1 Å². The lowest BCUT2D eigenvalue weighted by Gasteiger charge is -2.04. The number of halogens is 1. The average Bonchev–Trinajstić information content (AvgIpc) is 3.21. The number of fused-ring (bicyclic) bond motifs is 1. The Morgan fingerprint density at radius 1 is 1.19 bits per heavy atom. The van der Waals surface area contributed by atoms with E-state index in [1.807, 2.05) is 73.7 Å². The lowest BCUT2D eigenvalue weighted by molar-refractivity contribution is -0.112. The Balaban J connectivity index is 1.51. The van der Waals surface area contributed by atoms with Crippen molar-refractivity contribution in [2.24, 2.45) is 0 Å². The molecule has 1 aromatic heterocycles. The standard InChI is InChI=1S/C25H18ClN3OS/c1-16-9-10-17(12-23(16)26)11-21-15-28-25(31-21)29-24(30)20(14-27)13-19-7-4-6-18-5-2-3-8-22(18)19/h2-10,12-13,15H,11H2,1H3,(H,28,29,30)/b20-13+. The van der Waals surface area contributed by atoms with Gasteiger partial charge in [0.2, 0.25) is 0 Å². The minimum atomic E-state index is -0.477. The van der Waals surface area contributed by atoms with E-state index in [0.717, 1.165) is 37.4 Å². The van der Waals surface area contributed by atoms with E-state index in [0.29, 0.717) is 11.6 Å². The summed E-state index contributed by atoms with van der Waals surface area (Å²) in [6.45, 7) is 1.96. The van der Waals surface area contributed by atoms with E-state index in [1.165, 1.54) is 11.3 Å². The molecule has 3 aromatic carbocycles. The number of benzene rings is 3. The first-order valence-electron chi connectivity index (χ1n) is 9.64. The lowest BCUT2D eigenvalue weighted by Crippen LogP contribution is -2.13. The predicted molar refractivity (Wildman–Crippen MR) is 127 cm³/mol. The summed E-state index contributed by atoms with van der Waals surface area (Å²) in [5.74, 6) is -0.477. The fourth-order valence-electron chi connectivity index (χ4n) is 3.24. The van der Waals surface area contributed by atoms with Crippen LogP contribution in [-0.2, 0) is 11.2 Å². The van der Waals surface area contributed by atoms with Gasteiger partial charge in [0.25, 0.3) is 5.91 Å². The first-order chi connectivity index (χ1) is 15.0. The van der Waals surface area contributed by atoms with Crippen LogP contribution >= 0.6 is 22.9 Å². The van der Waals surface area contributed by atoms with Gasteiger partial charge in [-0.25, -0.2) is 4.98 Å². The molecule has 0 fully saturated rings. The van der Waals surface area contributed by atoms with Gasteiger partial charge in [0.15, 0.2) is 5.13 Å². The van der Waals surface area contributed by atoms with Crippen LogP contribution in [-0.4, -0.2) is 10.9 Å². The number of aryl methyl sites for hydroxylation is 1. The van der Waals surface area contributed by atoms with Crippen LogP contribution < -0.4 is 5.32 Å². The number of thiazole rings is 1. The number of anilines is 1. The average molecular weight is 444 g/mol. The minimum absolute atomic E-state index is 0.0263. The molecule has 1 heterocycles. The van der Waals surface area contributed by atoms with E-state index in [-0.39, 0.29) is 5.57 Å². The molecule has 0 radical (unpaired) electrons. The van der Waals surface area contributed by atoms with E-state index in [9.17, 15) is 10.1 Å². The Morgan fingerprint density at radius 2 is 2.00 bits per heavy atom. The maximum absolute atomic E-state index is 12.7. The first-order valence-corrected chi connectivity index (χ1v) is 10.8. The van der Waals surface area contributed by atoms with E-state index in [2.05, 4.69) is 10.3 Å². The number of carbonyl (C=O) groups is 1. The van der Waals surface area contributed by atoms with Crippen molar-refractivity contribution >= 4 is 50.8 Å². The third-order valence-electron chi connectivity index (χ3n) is 4.88. The Labute approximate surface area is 189 Å². The van der Waals surface area contributed by atoms with Gasteiger partial charge in [-0.2, -0.15) is 5.26 Å². The van der Waals surface area contributed by atoms with Crippen molar-refractivity contribution in [1.82, 2.24) is 4.98 Å². The smallest absolute Gasteiger partial charge is 0.268 e. The summed E-state index contributed by atoms with van der Waals surface area (Å²) in [4.78, 5) is 18.0. The zero-order chi connectivity index (χ0) is 21.8. The van der Waals surface area contributed by atoms with Gasteiger partial charge in [-0.1, -0.05) is 66.2 Å². The van der Waals surface area contributed by atoms with Crippen molar-refractivity contribution in [2.75, 3.05) is 5.32 Å². The van der Waals surface area contributed by atoms with Crippen LogP contribution in [0.3, 0.4) is 0 Å². The molecule has 0 bridgehead atoms. The molecule has 0 saturated heterocycles. The van der Waals surface area contributed by atoms with Gasteiger partial charge < -0.3 is 0 Å². The maximum Gasteiger partial charge on any atom is 0.268 e. The highest BCUT2D eigenvalue weighted by Crippen LogP contribution is 2.25. The summed E-state index contributed by atoms with van der Waals surface area (Å²) in [7, 11) is 0. The minimum Gasteiger partial charge on any atom is -0.297 e. The number of nitriles is 1. The second-order valence-electron chi connectivity index (χ2n) is 7.08. The maximum atomic E-state index is 12.7. The quantitative estimate of drug-likeness (QED) is 0.287. The Kier molecular flexibility index (Phi) is 6.13. The Morgan fingerprint density at radius 3 is 2.81 bits per heavy atom. The van der Waals surface area contributed by atoms with Crippen LogP contribution in [0.15, 0.2) is 72.4 Å². The second kappa shape index (κ2) is 9.13. The molecule has 1 N–H and O–H groups in total. The summed E-state index contributed by atoms with van der Waals surface area (Å²) >= 11 is 7.58. The molecular formula is C25H18ClN3OS. The van der Waals surface area contributed by atoms with Crippen molar-refractivity contribution in [1.29, 1.82) is 5.26 Å². The molecule has 0 aliphatic heterocycles. The number of hydrogen-bond donors (Lipinski definition) is 1. The SMILES string of the molecule is Cc1ccc(Cc2cnc(NC(=O)/C(C#N)=C/c3cccc4ccccc34)s2)cc1Cl. The van der Waals surface area contributed by atoms with E-state index < -0.39 is 5.91 Å². The topological polar surface area (TPSA) is 65.8 Å². The molecule has 1 amide bonds. The summed E-state index contributed by atoms with van der Waals surface area (Å²) in [5.41, 5.74) is 2.95. The third-order valence-corrected chi connectivity index (χ3v) is 6.20. The molecule has 4 aromatic rings. The van der Waals surface area contributed by atoms with Crippen LogP contribution in [0.2, 0.25) is 5.02 Å². The molecule has 4 nitrogen and oxygen atoms in total. The van der Waals surface area contributed by atoms with E-state index in [1.54, 1.807) is 12.3 Å². The number of carbonyl (C=O) groups excluding carboxylic acids is 1.